The molecule has 0 aliphatic carbocycles. The van der Waals surface area contributed by atoms with Crippen LogP contribution >= 0.6 is 11.3 Å². The molecule has 5 rings (SSSR count). The number of carbonyl (C=O) groups excluding carboxylic acids is 2. The maximum absolute atomic E-state index is 13.2. The van der Waals surface area contributed by atoms with Crippen molar-refractivity contribution in [3.05, 3.63) is 64.7 Å². The number of anilines is 3. The zero-order chi connectivity index (χ0) is 21.2. The van der Waals surface area contributed by atoms with Gasteiger partial charge in [0.25, 0.3) is 5.91 Å². The van der Waals surface area contributed by atoms with Gasteiger partial charge in [0.05, 0.1) is 35.5 Å². The molecule has 0 bridgehead atoms. The van der Waals surface area contributed by atoms with Gasteiger partial charge in [0.15, 0.2) is 5.82 Å². The highest BCUT2D eigenvalue weighted by molar-refractivity contribution is 7.07. The minimum atomic E-state index is -0.0663. The van der Waals surface area contributed by atoms with Crippen LogP contribution in [0.5, 0.6) is 0 Å². The van der Waals surface area contributed by atoms with Crippen LogP contribution in [-0.4, -0.2) is 59.4 Å². The van der Waals surface area contributed by atoms with Crippen molar-refractivity contribution in [2.24, 2.45) is 0 Å². The highest BCUT2D eigenvalue weighted by atomic mass is 32.1. The van der Waals surface area contributed by atoms with E-state index in [0.717, 1.165) is 18.8 Å². The molecule has 9 heteroatoms. The second-order valence-corrected chi connectivity index (χ2v) is 8.24. The SMILES string of the molecule is O=C(c1cnc2c(c1)N(Cc1cscn1)C(=O)CN2)N1CCN(c2ccccc2)CC1. The number of thiazole rings is 1. The van der Waals surface area contributed by atoms with Gasteiger partial charge in [-0.15, -0.1) is 11.3 Å². The lowest BCUT2D eigenvalue weighted by atomic mass is 10.1. The van der Waals surface area contributed by atoms with Gasteiger partial charge in [0.1, 0.15) is 0 Å². The molecule has 0 saturated carbocycles. The van der Waals surface area contributed by atoms with Crippen molar-refractivity contribution in [3.63, 3.8) is 0 Å². The lowest BCUT2D eigenvalue weighted by Crippen LogP contribution is -2.49. The van der Waals surface area contributed by atoms with Gasteiger partial charge in [-0.3, -0.25) is 9.59 Å². The molecule has 2 aliphatic heterocycles. The van der Waals surface area contributed by atoms with Crippen LogP contribution in [0.1, 0.15) is 16.1 Å². The number of hydrogen-bond donors (Lipinski definition) is 1. The molecule has 1 aromatic carbocycles. The first-order chi connectivity index (χ1) is 15.2. The Labute approximate surface area is 184 Å². The number of hydrogen-bond acceptors (Lipinski definition) is 7. The Morgan fingerprint density at radius 3 is 2.65 bits per heavy atom. The van der Waals surface area contributed by atoms with Crippen molar-refractivity contribution in [2.45, 2.75) is 6.54 Å². The average molecular weight is 435 g/mol. The van der Waals surface area contributed by atoms with Gasteiger partial charge in [-0.25, -0.2) is 9.97 Å². The summed E-state index contributed by atoms with van der Waals surface area (Å²) in [6.45, 7) is 3.40. The van der Waals surface area contributed by atoms with Crippen LogP contribution < -0.4 is 15.1 Å². The van der Waals surface area contributed by atoms with Crippen molar-refractivity contribution in [2.75, 3.05) is 47.8 Å². The molecular weight excluding hydrogens is 412 g/mol. The predicted molar refractivity (Wildman–Crippen MR) is 121 cm³/mol. The second-order valence-electron chi connectivity index (χ2n) is 7.52. The summed E-state index contributed by atoms with van der Waals surface area (Å²) in [5.41, 5.74) is 4.85. The minimum absolute atomic E-state index is 0.0605. The van der Waals surface area contributed by atoms with E-state index in [1.54, 1.807) is 22.7 Å². The zero-order valence-corrected chi connectivity index (χ0v) is 17.7. The monoisotopic (exact) mass is 434 g/mol. The lowest BCUT2D eigenvalue weighted by Gasteiger charge is -2.36. The molecule has 31 heavy (non-hydrogen) atoms. The number of benzene rings is 1. The summed E-state index contributed by atoms with van der Waals surface area (Å²) in [5.74, 6) is 0.485. The van der Waals surface area contributed by atoms with Crippen molar-refractivity contribution >= 4 is 40.3 Å². The van der Waals surface area contributed by atoms with Gasteiger partial charge < -0.3 is 20.0 Å². The molecule has 8 nitrogen and oxygen atoms in total. The van der Waals surface area contributed by atoms with E-state index < -0.39 is 0 Å². The quantitative estimate of drug-likeness (QED) is 0.679. The number of para-hydroxylation sites is 1. The van der Waals surface area contributed by atoms with Gasteiger partial charge in [0, 0.05) is 43.4 Å². The highest BCUT2D eigenvalue weighted by Crippen LogP contribution is 2.30. The maximum Gasteiger partial charge on any atom is 0.255 e. The Kier molecular flexibility index (Phi) is 5.25. The fourth-order valence-electron chi connectivity index (χ4n) is 3.94. The fourth-order valence-corrected chi connectivity index (χ4v) is 4.49. The topological polar surface area (TPSA) is 81.7 Å². The Morgan fingerprint density at radius 1 is 1.10 bits per heavy atom. The standard InChI is InChI=1S/C22H22N6O2S/c29-20-12-24-21-19(28(20)13-17-14-31-15-25-17)10-16(11-23-21)22(30)27-8-6-26(7-9-27)18-4-2-1-3-5-18/h1-5,10-11,14-15H,6-9,12-13H2,(H,23,24). The fraction of sp³-hybridized carbons (Fsp3) is 0.273. The van der Waals surface area contributed by atoms with Gasteiger partial charge in [-0.2, -0.15) is 0 Å². The number of carbonyl (C=O) groups is 2. The van der Waals surface area contributed by atoms with E-state index in [4.69, 9.17) is 0 Å². The average Bonchev–Trinajstić information content (AvgIpc) is 3.34. The largest absolute Gasteiger partial charge is 0.368 e. The third-order valence-corrected chi connectivity index (χ3v) is 6.24. The molecule has 0 radical (unpaired) electrons. The van der Waals surface area contributed by atoms with Crippen LogP contribution in [0.2, 0.25) is 0 Å². The van der Waals surface area contributed by atoms with E-state index >= 15 is 0 Å². The Hall–Kier alpha value is -3.46. The van der Waals surface area contributed by atoms with Gasteiger partial charge in [-0.05, 0) is 18.2 Å². The number of aromatic nitrogens is 2. The van der Waals surface area contributed by atoms with E-state index in [1.165, 1.54) is 17.0 Å². The summed E-state index contributed by atoms with van der Waals surface area (Å²) in [7, 11) is 0. The molecule has 1 fully saturated rings. The number of nitrogens with zero attached hydrogens (tertiary/aromatic N) is 5. The zero-order valence-electron chi connectivity index (χ0n) is 16.9. The normalized spacial score (nSPS) is 16.1. The van der Waals surface area contributed by atoms with E-state index in [0.29, 0.717) is 36.7 Å². The summed E-state index contributed by atoms with van der Waals surface area (Å²) in [6.07, 6.45) is 1.59. The summed E-state index contributed by atoms with van der Waals surface area (Å²) >= 11 is 1.49. The molecule has 3 aromatic rings. The van der Waals surface area contributed by atoms with E-state index in [2.05, 4.69) is 32.3 Å². The number of piperazine rings is 1. The van der Waals surface area contributed by atoms with E-state index in [1.807, 2.05) is 28.5 Å². The van der Waals surface area contributed by atoms with Crippen molar-refractivity contribution in [3.8, 4) is 0 Å². The molecule has 0 atom stereocenters. The van der Waals surface area contributed by atoms with Crippen molar-refractivity contribution < 1.29 is 9.59 Å². The van der Waals surface area contributed by atoms with Gasteiger partial charge >= 0.3 is 0 Å². The Bertz CT molecular complexity index is 1080. The molecule has 0 spiro atoms. The molecule has 1 N–H and O–H groups in total. The third kappa shape index (κ3) is 3.96. The van der Waals surface area contributed by atoms with Crippen LogP contribution in [-0.2, 0) is 11.3 Å². The molecule has 2 aliphatic rings. The van der Waals surface area contributed by atoms with Gasteiger partial charge in [-0.1, -0.05) is 18.2 Å². The van der Waals surface area contributed by atoms with E-state index in [-0.39, 0.29) is 18.4 Å². The number of pyridine rings is 1. The second kappa shape index (κ2) is 8.35. The first-order valence-electron chi connectivity index (χ1n) is 10.2. The highest BCUT2D eigenvalue weighted by Gasteiger charge is 2.28. The first kappa shape index (κ1) is 19.5. The minimum Gasteiger partial charge on any atom is -0.368 e. The van der Waals surface area contributed by atoms with Crippen LogP contribution in [0.3, 0.4) is 0 Å². The molecule has 4 heterocycles. The number of fused-ring (bicyclic) bond motifs is 1. The molecule has 2 amide bonds. The van der Waals surface area contributed by atoms with Crippen molar-refractivity contribution in [1.82, 2.24) is 14.9 Å². The van der Waals surface area contributed by atoms with Crippen LogP contribution in [0.25, 0.3) is 0 Å². The van der Waals surface area contributed by atoms with Gasteiger partial charge in [0.2, 0.25) is 5.91 Å². The van der Waals surface area contributed by atoms with Crippen LogP contribution in [0.15, 0.2) is 53.5 Å². The summed E-state index contributed by atoms with van der Waals surface area (Å²) < 4.78 is 0. The molecule has 0 unspecified atom stereocenters. The molecule has 2 aromatic heterocycles. The Morgan fingerprint density at radius 2 is 1.90 bits per heavy atom. The first-order valence-corrected chi connectivity index (χ1v) is 11.1. The number of rotatable bonds is 4. The summed E-state index contributed by atoms with van der Waals surface area (Å²) in [4.78, 5) is 40.2. The maximum atomic E-state index is 13.2. The van der Waals surface area contributed by atoms with Crippen LogP contribution in [0.4, 0.5) is 17.2 Å². The molecular formula is C22H22N6O2S. The summed E-state index contributed by atoms with van der Waals surface area (Å²) in [5, 5.41) is 4.96. The number of nitrogens with one attached hydrogen (secondary N) is 1. The predicted octanol–water partition coefficient (Wildman–Crippen LogP) is 2.46. The Balaban J connectivity index is 1.32. The lowest BCUT2D eigenvalue weighted by molar-refractivity contribution is -0.117. The van der Waals surface area contributed by atoms with E-state index in [9.17, 15) is 9.59 Å². The summed E-state index contributed by atoms with van der Waals surface area (Å²) in [6, 6.07) is 12.0. The molecule has 1 saturated heterocycles. The number of amides is 2. The third-order valence-electron chi connectivity index (χ3n) is 5.61. The van der Waals surface area contributed by atoms with Crippen molar-refractivity contribution in [1.29, 1.82) is 0 Å². The van der Waals surface area contributed by atoms with Crippen LogP contribution in [0, 0.1) is 0 Å². The molecule has 158 valence electrons. The smallest absolute Gasteiger partial charge is 0.255 e.